The normalized spacial score (nSPS) is 10.8. The first-order chi connectivity index (χ1) is 8.76. The van der Waals surface area contributed by atoms with E-state index in [0.717, 1.165) is 22.5 Å². The van der Waals surface area contributed by atoms with Crippen molar-refractivity contribution in [3.05, 3.63) is 47.5 Å². The molecule has 3 aromatic rings. The van der Waals surface area contributed by atoms with Crippen LogP contribution in [0.15, 0.2) is 36.4 Å². The maximum Gasteiger partial charge on any atom is 0.121 e. The van der Waals surface area contributed by atoms with E-state index in [0.29, 0.717) is 5.02 Å². The number of fused-ring (bicyclic) bond motifs is 1. The Balaban J connectivity index is 2.13. The molecule has 4 nitrogen and oxygen atoms in total. The van der Waals surface area contributed by atoms with Crippen LogP contribution in [-0.4, -0.2) is 22.1 Å². The molecular weight excluding hydrogens is 250 g/mol. The summed E-state index contributed by atoms with van der Waals surface area (Å²) in [5.74, 6) is 0.758. The lowest BCUT2D eigenvalue weighted by Gasteiger charge is -1.98. The Labute approximate surface area is 109 Å². The monoisotopic (exact) mass is 258 g/mol. The molecule has 1 heterocycles. The predicted molar refractivity (Wildman–Crippen MR) is 69.3 cm³/mol. The minimum Gasteiger partial charge on any atom is -0.497 e. The number of nitrogens with zero attached hydrogens (tertiary/aromatic N) is 3. The second-order valence-electron chi connectivity index (χ2n) is 3.74. The summed E-state index contributed by atoms with van der Waals surface area (Å²) < 4.78 is 5.15. The summed E-state index contributed by atoms with van der Waals surface area (Å²) in [6, 6.07) is 13.8. The minimum absolute atomic E-state index is 0.534. The van der Waals surface area contributed by atoms with Crippen LogP contribution in [0.25, 0.3) is 16.7 Å². The lowest BCUT2D eigenvalue weighted by atomic mass is 10.3. The van der Waals surface area contributed by atoms with E-state index in [1.807, 2.05) is 24.3 Å². The highest BCUT2D eigenvalue weighted by Crippen LogP contribution is 2.19. The van der Waals surface area contributed by atoms with Crippen LogP contribution in [0.1, 0.15) is 0 Å². The van der Waals surface area contributed by atoms with E-state index in [4.69, 9.17) is 16.3 Å². The molecule has 1 aromatic heterocycles. The number of rotatable bonds is 2. The molecule has 0 saturated heterocycles. The average molecular weight is 259 g/mol. The number of halogens is 1. The lowest BCUT2D eigenvalue weighted by molar-refractivity contribution is 0.415. The van der Waals surface area contributed by atoms with Gasteiger partial charge in [0, 0.05) is 12.1 Å². The molecule has 0 N–H and O–H groups in total. The Hall–Kier alpha value is -2.07. The van der Waals surface area contributed by atoms with Crippen molar-refractivity contribution in [3.63, 3.8) is 0 Å². The largest absolute Gasteiger partial charge is 0.497 e. The first-order valence-electron chi connectivity index (χ1n) is 5.35. The van der Waals surface area contributed by atoms with Crippen molar-refractivity contribution in [1.82, 2.24) is 15.0 Å². The van der Waals surface area contributed by atoms with E-state index in [2.05, 4.69) is 16.3 Å². The van der Waals surface area contributed by atoms with Crippen molar-refractivity contribution < 1.29 is 4.74 Å². The quantitative estimate of drug-likeness (QED) is 0.710. The van der Waals surface area contributed by atoms with Crippen LogP contribution in [0, 0.1) is 6.07 Å². The Kier molecular flexibility index (Phi) is 2.64. The summed E-state index contributed by atoms with van der Waals surface area (Å²) in [5, 5.41) is 9.30. The van der Waals surface area contributed by atoms with Gasteiger partial charge in [0.2, 0.25) is 0 Å². The predicted octanol–water partition coefficient (Wildman–Crippen LogP) is 2.88. The molecule has 89 valence electrons. The SMILES string of the molecule is COc1ccc2nn(-c3cc[c]c(Cl)c3)nc2c1. The van der Waals surface area contributed by atoms with Gasteiger partial charge in [0.1, 0.15) is 16.8 Å². The Bertz CT molecular complexity index is 708. The van der Waals surface area contributed by atoms with E-state index in [9.17, 15) is 0 Å². The second-order valence-corrected chi connectivity index (χ2v) is 4.15. The summed E-state index contributed by atoms with van der Waals surface area (Å²) in [5.41, 5.74) is 2.38. The van der Waals surface area contributed by atoms with Crippen LogP contribution in [-0.2, 0) is 0 Å². The minimum atomic E-state index is 0.534. The molecule has 2 aromatic carbocycles. The molecule has 0 atom stereocenters. The Morgan fingerprint density at radius 2 is 2.00 bits per heavy atom. The van der Waals surface area contributed by atoms with Gasteiger partial charge in [-0.1, -0.05) is 17.7 Å². The van der Waals surface area contributed by atoms with Gasteiger partial charge in [-0.2, -0.15) is 4.80 Å². The first-order valence-corrected chi connectivity index (χ1v) is 5.73. The van der Waals surface area contributed by atoms with Crippen molar-refractivity contribution in [2.24, 2.45) is 0 Å². The van der Waals surface area contributed by atoms with Gasteiger partial charge < -0.3 is 4.74 Å². The Morgan fingerprint density at radius 3 is 2.78 bits per heavy atom. The molecule has 0 bridgehead atoms. The molecule has 0 unspecified atom stereocenters. The third-order valence-electron chi connectivity index (χ3n) is 2.57. The van der Waals surface area contributed by atoms with Crippen molar-refractivity contribution >= 4 is 22.6 Å². The second kappa shape index (κ2) is 4.31. The van der Waals surface area contributed by atoms with Gasteiger partial charge in [0.05, 0.1) is 17.8 Å². The van der Waals surface area contributed by atoms with Crippen molar-refractivity contribution in [3.8, 4) is 11.4 Å². The standard InChI is InChI=1S/C13H9ClN3O/c1-18-11-5-6-12-13(8-11)16-17(15-12)10-4-2-3-9(14)7-10/h2,4-8H,1H3. The summed E-state index contributed by atoms with van der Waals surface area (Å²) >= 11 is 5.90. The molecule has 0 aliphatic heterocycles. The van der Waals surface area contributed by atoms with Crippen LogP contribution in [0.4, 0.5) is 0 Å². The smallest absolute Gasteiger partial charge is 0.121 e. The third-order valence-corrected chi connectivity index (χ3v) is 2.79. The number of benzene rings is 2. The van der Waals surface area contributed by atoms with Crippen LogP contribution in [0.3, 0.4) is 0 Å². The highest BCUT2D eigenvalue weighted by atomic mass is 35.5. The molecule has 0 aliphatic carbocycles. The summed E-state index contributed by atoms with van der Waals surface area (Å²) in [7, 11) is 1.62. The van der Waals surface area contributed by atoms with Crippen molar-refractivity contribution in [2.45, 2.75) is 0 Å². The average Bonchev–Trinajstić information content (AvgIpc) is 2.81. The van der Waals surface area contributed by atoms with Gasteiger partial charge >= 0.3 is 0 Å². The fourth-order valence-electron chi connectivity index (χ4n) is 1.69. The van der Waals surface area contributed by atoms with Gasteiger partial charge in [-0.25, -0.2) is 0 Å². The molecule has 18 heavy (non-hydrogen) atoms. The summed E-state index contributed by atoms with van der Waals surface area (Å²) in [6.07, 6.45) is 0. The number of aromatic nitrogens is 3. The van der Waals surface area contributed by atoms with Crippen molar-refractivity contribution in [2.75, 3.05) is 7.11 Å². The van der Waals surface area contributed by atoms with Gasteiger partial charge in [0.25, 0.3) is 0 Å². The molecule has 0 aliphatic rings. The molecule has 0 amide bonds. The first kappa shape index (κ1) is 11.0. The van der Waals surface area contributed by atoms with Gasteiger partial charge in [-0.15, -0.1) is 10.2 Å². The fraction of sp³-hybridized carbons (Fsp3) is 0.0769. The molecule has 0 spiro atoms. The van der Waals surface area contributed by atoms with Crippen LogP contribution >= 0.6 is 11.6 Å². The number of hydrogen-bond donors (Lipinski definition) is 0. The lowest BCUT2D eigenvalue weighted by Crippen LogP contribution is -1.97. The molecule has 1 radical (unpaired) electrons. The highest BCUT2D eigenvalue weighted by Gasteiger charge is 2.06. The number of methoxy groups -OCH3 is 1. The topological polar surface area (TPSA) is 39.9 Å². The van der Waals surface area contributed by atoms with Crippen LogP contribution in [0.2, 0.25) is 5.02 Å². The van der Waals surface area contributed by atoms with E-state index in [-0.39, 0.29) is 0 Å². The van der Waals surface area contributed by atoms with Crippen molar-refractivity contribution in [1.29, 1.82) is 0 Å². The van der Waals surface area contributed by atoms with Gasteiger partial charge in [-0.3, -0.25) is 0 Å². The van der Waals surface area contributed by atoms with Crippen LogP contribution in [0.5, 0.6) is 5.75 Å². The van der Waals surface area contributed by atoms with Crippen LogP contribution < -0.4 is 4.74 Å². The highest BCUT2D eigenvalue weighted by molar-refractivity contribution is 6.30. The van der Waals surface area contributed by atoms with E-state index < -0.39 is 0 Å². The molecular formula is C13H9ClN3O. The maximum atomic E-state index is 5.90. The maximum absolute atomic E-state index is 5.90. The zero-order valence-corrected chi connectivity index (χ0v) is 10.3. The fourth-order valence-corrected chi connectivity index (χ4v) is 1.86. The molecule has 0 saturated carbocycles. The number of ether oxygens (including phenoxy) is 1. The zero-order chi connectivity index (χ0) is 12.5. The Morgan fingerprint density at radius 1 is 1.17 bits per heavy atom. The molecule has 3 rings (SSSR count). The molecule has 0 fully saturated rings. The van der Waals surface area contributed by atoms with E-state index >= 15 is 0 Å². The number of hydrogen-bond acceptors (Lipinski definition) is 3. The van der Waals surface area contributed by atoms with E-state index in [1.165, 1.54) is 0 Å². The molecule has 5 heteroatoms. The third kappa shape index (κ3) is 1.91. The summed E-state index contributed by atoms with van der Waals surface area (Å²) in [4.78, 5) is 1.55. The van der Waals surface area contributed by atoms with E-state index in [1.54, 1.807) is 24.0 Å². The van der Waals surface area contributed by atoms with Gasteiger partial charge in [-0.05, 0) is 24.3 Å². The zero-order valence-electron chi connectivity index (χ0n) is 9.59. The van der Waals surface area contributed by atoms with Gasteiger partial charge in [0.15, 0.2) is 0 Å². The summed E-state index contributed by atoms with van der Waals surface area (Å²) in [6.45, 7) is 0.